The van der Waals surface area contributed by atoms with Gasteiger partial charge in [-0.15, -0.1) is 0 Å². The van der Waals surface area contributed by atoms with E-state index >= 15 is 0 Å². The standard InChI is InChI=1S/C9H15N3O3/c1-8(14)10-6-9(15)12-4-2-11(7-13)3-5-12/h7H,2-6H2,1H3,(H,10,14). The molecule has 1 fully saturated rings. The van der Waals surface area contributed by atoms with Gasteiger partial charge in [0.25, 0.3) is 0 Å². The van der Waals surface area contributed by atoms with E-state index in [1.165, 1.54) is 6.92 Å². The van der Waals surface area contributed by atoms with Gasteiger partial charge >= 0.3 is 0 Å². The van der Waals surface area contributed by atoms with Gasteiger partial charge in [-0.1, -0.05) is 0 Å². The zero-order valence-electron chi connectivity index (χ0n) is 8.73. The third kappa shape index (κ3) is 3.57. The summed E-state index contributed by atoms with van der Waals surface area (Å²) < 4.78 is 0. The van der Waals surface area contributed by atoms with E-state index in [1.807, 2.05) is 0 Å². The molecule has 0 radical (unpaired) electrons. The molecule has 0 bridgehead atoms. The van der Waals surface area contributed by atoms with Crippen LogP contribution in [0.25, 0.3) is 0 Å². The molecule has 0 unspecified atom stereocenters. The van der Waals surface area contributed by atoms with E-state index in [-0.39, 0.29) is 18.4 Å². The zero-order valence-corrected chi connectivity index (χ0v) is 8.73. The van der Waals surface area contributed by atoms with Crippen LogP contribution in [0.2, 0.25) is 0 Å². The fraction of sp³-hybridized carbons (Fsp3) is 0.667. The van der Waals surface area contributed by atoms with Crippen LogP contribution >= 0.6 is 0 Å². The number of rotatable bonds is 3. The molecule has 0 spiro atoms. The second-order valence-corrected chi connectivity index (χ2v) is 3.43. The van der Waals surface area contributed by atoms with Crippen molar-refractivity contribution in [3.63, 3.8) is 0 Å². The van der Waals surface area contributed by atoms with Gasteiger partial charge in [0.1, 0.15) is 0 Å². The van der Waals surface area contributed by atoms with Gasteiger partial charge in [0, 0.05) is 33.1 Å². The first-order valence-electron chi connectivity index (χ1n) is 4.85. The van der Waals surface area contributed by atoms with E-state index in [1.54, 1.807) is 9.80 Å². The number of hydrogen-bond acceptors (Lipinski definition) is 3. The lowest BCUT2D eigenvalue weighted by Crippen LogP contribution is -2.50. The van der Waals surface area contributed by atoms with E-state index < -0.39 is 0 Å². The second kappa shape index (κ2) is 5.33. The molecule has 3 amide bonds. The van der Waals surface area contributed by atoms with Crippen molar-refractivity contribution in [3.05, 3.63) is 0 Å². The lowest BCUT2D eigenvalue weighted by atomic mass is 10.3. The first-order valence-corrected chi connectivity index (χ1v) is 4.85. The summed E-state index contributed by atoms with van der Waals surface area (Å²) >= 11 is 0. The SMILES string of the molecule is CC(=O)NCC(=O)N1CCN(C=O)CC1. The minimum atomic E-state index is -0.213. The fourth-order valence-electron chi connectivity index (χ4n) is 1.39. The van der Waals surface area contributed by atoms with Gasteiger partial charge in [-0.3, -0.25) is 14.4 Å². The number of carbonyl (C=O) groups excluding carboxylic acids is 3. The number of carbonyl (C=O) groups is 3. The van der Waals surface area contributed by atoms with Gasteiger partial charge in [0.05, 0.1) is 6.54 Å². The van der Waals surface area contributed by atoms with Crippen LogP contribution in [-0.4, -0.2) is 60.7 Å². The van der Waals surface area contributed by atoms with Crippen LogP contribution in [0, 0.1) is 0 Å². The van der Waals surface area contributed by atoms with Gasteiger partial charge in [-0.25, -0.2) is 0 Å². The lowest BCUT2D eigenvalue weighted by Gasteiger charge is -2.32. The summed E-state index contributed by atoms with van der Waals surface area (Å²) in [5.74, 6) is -0.314. The number of piperazine rings is 1. The van der Waals surface area contributed by atoms with Gasteiger partial charge < -0.3 is 15.1 Å². The van der Waals surface area contributed by atoms with Crippen molar-refractivity contribution in [2.45, 2.75) is 6.92 Å². The Morgan fingerprint density at radius 2 is 1.87 bits per heavy atom. The second-order valence-electron chi connectivity index (χ2n) is 3.43. The molecule has 0 aliphatic carbocycles. The molecule has 1 rings (SSSR count). The minimum absolute atomic E-state index is 0.0381. The van der Waals surface area contributed by atoms with Gasteiger partial charge in [0.2, 0.25) is 18.2 Å². The lowest BCUT2D eigenvalue weighted by molar-refractivity contribution is -0.135. The highest BCUT2D eigenvalue weighted by Gasteiger charge is 2.19. The number of amides is 3. The van der Waals surface area contributed by atoms with Crippen molar-refractivity contribution < 1.29 is 14.4 Å². The van der Waals surface area contributed by atoms with Crippen LogP contribution in [0.1, 0.15) is 6.92 Å². The summed E-state index contributed by atoms with van der Waals surface area (Å²) in [6.45, 7) is 3.62. The summed E-state index contributed by atoms with van der Waals surface area (Å²) in [6.07, 6.45) is 0.787. The van der Waals surface area contributed by atoms with E-state index in [0.29, 0.717) is 26.2 Å². The normalized spacial score (nSPS) is 16.1. The highest BCUT2D eigenvalue weighted by Crippen LogP contribution is 1.99. The predicted molar refractivity (Wildman–Crippen MR) is 52.9 cm³/mol. The topological polar surface area (TPSA) is 69.7 Å². The molecular formula is C9H15N3O3. The summed E-state index contributed by atoms with van der Waals surface area (Å²) in [5, 5.41) is 2.45. The molecule has 1 saturated heterocycles. The van der Waals surface area contributed by atoms with Gasteiger partial charge in [-0.05, 0) is 0 Å². The number of nitrogens with zero attached hydrogens (tertiary/aromatic N) is 2. The molecule has 1 heterocycles. The first-order chi connectivity index (χ1) is 7.13. The first kappa shape index (κ1) is 11.5. The van der Waals surface area contributed by atoms with E-state index in [9.17, 15) is 14.4 Å². The Kier molecular flexibility index (Phi) is 4.08. The minimum Gasteiger partial charge on any atom is -0.347 e. The van der Waals surface area contributed by atoms with Crippen LogP contribution in [0.5, 0.6) is 0 Å². The van der Waals surface area contributed by atoms with Gasteiger partial charge in [-0.2, -0.15) is 0 Å². The summed E-state index contributed by atoms with van der Waals surface area (Å²) in [7, 11) is 0. The monoisotopic (exact) mass is 213 g/mol. The maximum Gasteiger partial charge on any atom is 0.242 e. The average Bonchev–Trinajstić information content (AvgIpc) is 2.26. The molecule has 84 valence electrons. The van der Waals surface area contributed by atoms with Crippen molar-refractivity contribution in [1.82, 2.24) is 15.1 Å². The Bertz CT molecular complexity index is 259. The summed E-state index contributed by atoms with van der Waals surface area (Å²) in [6, 6.07) is 0. The quantitative estimate of drug-likeness (QED) is 0.575. The van der Waals surface area contributed by atoms with Crippen LogP contribution in [0.15, 0.2) is 0 Å². The van der Waals surface area contributed by atoms with Crippen LogP contribution < -0.4 is 5.32 Å². The fourth-order valence-corrected chi connectivity index (χ4v) is 1.39. The van der Waals surface area contributed by atoms with Crippen molar-refractivity contribution in [3.8, 4) is 0 Å². The third-order valence-electron chi connectivity index (χ3n) is 2.30. The van der Waals surface area contributed by atoms with Crippen molar-refractivity contribution in [2.24, 2.45) is 0 Å². The Morgan fingerprint density at radius 1 is 1.27 bits per heavy atom. The molecule has 6 nitrogen and oxygen atoms in total. The van der Waals surface area contributed by atoms with Crippen LogP contribution in [0.4, 0.5) is 0 Å². The zero-order chi connectivity index (χ0) is 11.3. The van der Waals surface area contributed by atoms with Crippen molar-refractivity contribution in [2.75, 3.05) is 32.7 Å². The Hall–Kier alpha value is -1.59. The van der Waals surface area contributed by atoms with Gasteiger partial charge in [0.15, 0.2) is 0 Å². The maximum atomic E-state index is 11.5. The molecule has 1 N–H and O–H groups in total. The molecule has 0 aromatic carbocycles. The number of nitrogens with one attached hydrogen (secondary N) is 1. The molecule has 0 atom stereocenters. The Balaban J connectivity index is 2.29. The Labute approximate surface area is 88.2 Å². The van der Waals surface area contributed by atoms with Crippen molar-refractivity contribution >= 4 is 18.2 Å². The maximum absolute atomic E-state index is 11.5. The molecule has 15 heavy (non-hydrogen) atoms. The molecule has 0 saturated carbocycles. The van der Waals surface area contributed by atoms with Crippen molar-refractivity contribution in [1.29, 1.82) is 0 Å². The van der Waals surface area contributed by atoms with Crippen LogP contribution in [-0.2, 0) is 14.4 Å². The van der Waals surface area contributed by atoms with E-state index in [2.05, 4.69) is 5.32 Å². The highest BCUT2D eigenvalue weighted by molar-refractivity contribution is 5.83. The third-order valence-corrected chi connectivity index (χ3v) is 2.30. The van der Waals surface area contributed by atoms with Crippen LogP contribution in [0.3, 0.4) is 0 Å². The van der Waals surface area contributed by atoms with E-state index in [0.717, 1.165) is 6.41 Å². The predicted octanol–water partition coefficient (Wildman–Crippen LogP) is -1.58. The molecule has 6 heteroatoms. The highest BCUT2D eigenvalue weighted by atomic mass is 16.2. The molecular weight excluding hydrogens is 198 g/mol. The molecule has 1 aliphatic heterocycles. The van der Waals surface area contributed by atoms with E-state index in [4.69, 9.17) is 0 Å². The number of hydrogen-bond donors (Lipinski definition) is 1. The summed E-state index contributed by atoms with van der Waals surface area (Å²) in [5.41, 5.74) is 0. The Morgan fingerprint density at radius 3 is 2.33 bits per heavy atom. The molecule has 1 aliphatic rings. The largest absolute Gasteiger partial charge is 0.347 e. The molecule has 0 aromatic heterocycles. The smallest absolute Gasteiger partial charge is 0.242 e. The molecule has 0 aromatic rings. The summed E-state index contributed by atoms with van der Waals surface area (Å²) in [4.78, 5) is 35.8. The average molecular weight is 213 g/mol.